The first-order valence-electron chi connectivity index (χ1n) is 5.77. The molecule has 18 heavy (non-hydrogen) atoms. The van der Waals surface area contributed by atoms with Crippen LogP contribution in [0, 0.1) is 0 Å². The summed E-state index contributed by atoms with van der Waals surface area (Å²) in [4.78, 5) is 25.0. The normalized spacial score (nSPS) is 15.0. The van der Waals surface area contributed by atoms with E-state index in [4.69, 9.17) is 5.11 Å². The predicted molar refractivity (Wildman–Crippen MR) is 66.7 cm³/mol. The van der Waals surface area contributed by atoms with Crippen LogP contribution in [0.25, 0.3) is 0 Å². The maximum atomic E-state index is 11.9. The molecule has 0 fully saturated rings. The standard InChI is InChI=1S/C12H15NO4S/c1-17-12(16)8(6-14)13-11(15)10-5-7-3-2-4-9(7)18-10/h5,8,14H,2-4,6H2,1H3,(H,13,15)/t8-/m0/s1. The number of ether oxygens (including phenoxy) is 1. The second-order valence-electron chi connectivity index (χ2n) is 4.14. The Labute approximate surface area is 109 Å². The summed E-state index contributed by atoms with van der Waals surface area (Å²) in [6.45, 7) is -0.469. The number of thiophene rings is 1. The van der Waals surface area contributed by atoms with Crippen LogP contribution in [0.5, 0.6) is 0 Å². The maximum absolute atomic E-state index is 11.9. The molecule has 0 aromatic carbocycles. The van der Waals surface area contributed by atoms with Gasteiger partial charge in [-0.3, -0.25) is 4.79 Å². The minimum atomic E-state index is -1.00. The van der Waals surface area contributed by atoms with Crippen LogP contribution in [0.15, 0.2) is 6.07 Å². The first kappa shape index (κ1) is 13.0. The molecule has 1 aromatic heterocycles. The smallest absolute Gasteiger partial charge is 0.330 e. The van der Waals surface area contributed by atoms with Gasteiger partial charge in [0.05, 0.1) is 18.6 Å². The van der Waals surface area contributed by atoms with Gasteiger partial charge in [0.15, 0.2) is 6.04 Å². The summed E-state index contributed by atoms with van der Waals surface area (Å²) in [6.07, 6.45) is 3.18. The van der Waals surface area contributed by atoms with Crippen molar-refractivity contribution in [1.82, 2.24) is 5.32 Å². The minimum absolute atomic E-state index is 0.334. The van der Waals surface area contributed by atoms with Gasteiger partial charge in [0.1, 0.15) is 0 Å². The van der Waals surface area contributed by atoms with E-state index in [0.717, 1.165) is 19.3 Å². The van der Waals surface area contributed by atoms with Crippen molar-refractivity contribution in [2.24, 2.45) is 0 Å². The Kier molecular flexibility index (Phi) is 3.98. The summed E-state index contributed by atoms with van der Waals surface area (Å²) < 4.78 is 4.49. The van der Waals surface area contributed by atoms with Crippen LogP contribution in [-0.2, 0) is 22.4 Å². The van der Waals surface area contributed by atoms with E-state index in [2.05, 4.69) is 10.1 Å². The zero-order valence-corrected chi connectivity index (χ0v) is 10.9. The van der Waals surface area contributed by atoms with E-state index in [-0.39, 0.29) is 5.91 Å². The number of carbonyl (C=O) groups is 2. The van der Waals surface area contributed by atoms with Crippen molar-refractivity contribution in [3.63, 3.8) is 0 Å². The largest absolute Gasteiger partial charge is 0.467 e. The second kappa shape index (κ2) is 5.49. The molecule has 0 spiro atoms. The summed E-state index contributed by atoms with van der Waals surface area (Å²) in [5.41, 5.74) is 1.23. The highest BCUT2D eigenvalue weighted by atomic mass is 32.1. The predicted octanol–water partition coefficient (Wildman–Crippen LogP) is 0.500. The van der Waals surface area contributed by atoms with Crippen LogP contribution in [-0.4, -0.2) is 36.7 Å². The highest BCUT2D eigenvalue weighted by Gasteiger charge is 2.24. The zero-order valence-electron chi connectivity index (χ0n) is 10.1. The second-order valence-corrected chi connectivity index (χ2v) is 5.28. The van der Waals surface area contributed by atoms with Crippen molar-refractivity contribution in [3.8, 4) is 0 Å². The molecule has 1 amide bonds. The molecule has 1 heterocycles. The van der Waals surface area contributed by atoms with Gasteiger partial charge in [-0.1, -0.05) is 0 Å². The lowest BCUT2D eigenvalue weighted by atomic mass is 10.2. The number of amides is 1. The fraction of sp³-hybridized carbons (Fsp3) is 0.500. The van der Waals surface area contributed by atoms with Crippen molar-refractivity contribution in [1.29, 1.82) is 0 Å². The highest BCUT2D eigenvalue weighted by molar-refractivity contribution is 7.14. The molecule has 0 unspecified atom stereocenters. The lowest BCUT2D eigenvalue weighted by Gasteiger charge is -2.12. The molecule has 0 saturated heterocycles. The summed E-state index contributed by atoms with van der Waals surface area (Å²) in [6, 6.07) is 0.869. The number of aliphatic hydroxyl groups excluding tert-OH is 1. The molecule has 0 radical (unpaired) electrons. The van der Waals surface area contributed by atoms with E-state index >= 15 is 0 Å². The van der Waals surface area contributed by atoms with E-state index in [0.29, 0.717) is 4.88 Å². The third-order valence-electron chi connectivity index (χ3n) is 2.94. The van der Waals surface area contributed by atoms with Crippen LogP contribution in [0.1, 0.15) is 26.5 Å². The molecule has 2 rings (SSSR count). The Bertz CT molecular complexity index is 447. The van der Waals surface area contributed by atoms with Gasteiger partial charge in [0.2, 0.25) is 0 Å². The molecule has 1 aliphatic carbocycles. The van der Waals surface area contributed by atoms with Gasteiger partial charge in [0, 0.05) is 4.88 Å². The Morgan fingerprint density at radius 1 is 1.56 bits per heavy atom. The molecule has 1 atom stereocenters. The molecule has 0 saturated carbocycles. The summed E-state index contributed by atoms with van der Waals surface area (Å²) in [5.74, 6) is -0.978. The molecule has 2 N–H and O–H groups in total. The van der Waals surface area contributed by atoms with E-state index in [1.54, 1.807) is 0 Å². The molecule has 1 aromatic rings. The molecular weight excluding hydrogens is 254 g/mol. The van der Waals surface area contributed by atoms with Gasteiger partial charge in [0.25, 0.3) is 5.91 Å². The first-order chi connectivity index (χ1) is 8.65. The topological polar surface area (TPSA) is 75.6 Å². The van der Waals surface area contributed by atoms with Crippen LogP contribution in [0.2, 0.25) is 0 Å². The summed E-state index contributed by atoms with van der Waals surface area (Å²) >= 11 is 1.46. The van der Waals surface area contributed by atoms with Gasteiger partial charge in [-0.05, 0) is 30.9 Å². The first-order valence-corrected chi connectivity index (χ1v) is 6.58. The average molecular weight is 269 g/mol. The van der Waals surface area contributed by atoms with Crippen LogP contribution in [0.4, 0.5) is 0 Å². The number of carbonyl (C=O) groups excluding carboxylic acids is 2. The van der Waals surface area contributed by atoms with Crippen molar-refractivity contribution in [3.05, 3.63) is 21.4 Å². The number of fused-ring (bicyclic) bond motifs is 1. The van der Waals surface area contributed by atoms with Crippen LogP contribution < -0.4 is 5.32 Å². The Morgan fingerprint density at radius 2 is 2.33 bits per heavy atom. The number of hydrogen-bond acceptors (Lipinski definition) is 5. The average Bonchev–Trinajstić information content (AvgIpc) is 2.95. The molecule has 5 nitrogen and oxygen atoms in total. The maximum Gasteiger partial charge on any atom is 0.330 e. The van der Waals surface area contributed by atoms with Crippen LogP contribution >= 0.6 is 11.3 Å². The van der Waals surface area contributed by atoms with Gasteiger partial charge in [-0.25, -0.2) is 4.79 Å². The van der Waals surface area contributed by atoms with Gasteiger partial charge < -0.3 is 15.2 Å². The zero-order chi connectivity index (χ0) is 13.1. The molecular formula is C12H15NO4S. The lowest BCUT2D eigenvalue weighted by Crippen LogP contribution is -2.43. The van der Waals surface area contributed by atoms with Crippen molar-refractivity contribution in [2.75, 3.05) is 13.7 Å². The number of nitrogens with one attached hydrogen (secondary N) is 1. The van der Waals surface area contributed by atoms with E-state index in [1.807, 2.05) is 6.07 Å². The Morgan fingerprint density at radius 3 is 2.94 bits per heavy atom. The Balaban J connectivity index is 2.04. The van der Waals surface area contributed by atoms with E-state index in [9.17, 15) is 9.59 Å². The van der Waals surface area contributed by atoms with Gasteiger partial charge in [-0.2, -0.15) is 0 Å². The number of rotatable bonds is 4. The van der Waals surface area contributed by atoms with Crippen LogP contribution in [0.3, 0.4) is 0 Å². The number of esters is 1. The summed E-state index contributed by atoms with van der Waals surface area (Å²) in [5, 5.41) is 11.5. The SMILES string of the molecule is COC(=O)[C@H](CO)NC(=O)c1cc2c(s1)CCC2. The minimum Gasteiger partial charge on any atom is -0.467 e. The third kappa shape index (κ3) is 2.54. The van der Waals surface area contributed by atoms with Crippen molar-refractivity contribution >= 4 is 23.2 Å². The fourth-order valence-corrected chi connectivity index (χ4v) is 3.15. The van der Waals surface area contributed by atoms with Crippen molar-refractivity contribution < 1.29 is 19.4 Å². The Hall–Kier alpha value is -1.40. The third-order valence-corrected chi connectivity index (χ3v) is 4.18. The number of methoxy groups -OCH3 is 1. The van der Waals surface area contributed by atoms with Gasteiger partial charge in [-0.15, -0.1) is 11.3 Å². The molecule has 98 valence electrons. The highest BCUT2D eigenvalue weighted by Crippen LogP contribution is 2.30. The van der Waals surface area contributed by atoms with Gasteiger partial charge >= 0.3 is 5.97 Å². The monoisotopic (exact) mass is 269 g/mol. The van der Waals surface area contributed by atoms with E-state index < -0.39 is 18.6 Å². The number of hydrogen-bond donors (Lipinski definition) is 2. The number of aryl methyl sites for hydroxylation is 2. The molecule has 0 bridgehead atoms. The van der Waals surface area contributed by atoms with E-state index in [1.165, 1.54) is 28.9 Å². The lowest BCUT2D eigenvalue weighted by molar-refractivity contribution is -0.143. The molecule has 6 heteroatoms. The molecule has 1 aliphatic rings. The summed E-state index contributed by atoms with van der Waals surface area (Å²) in [7, 11) is 1.22. The van der Waals surface area contributed by atoms with Crippen molar-refractivity contribution in [2.45, 2.75) is 25.3 Å². The molecule has 0 aliphatic heterocycles. The quantitative estimate of drug-likeness (QED) is 0.781. The fourth-order valence-electron chi connectivity index (χ4n) is 1.99. The number of aliphatic hydroxyl groups is 1.